The number of nitrogens with zero attached hydrogens (tertiary/aromatic N) is 2. The number of aromatic nitrogens is 2. The molecule has 1 aromatic carbocycles. The lowest BCUT2D eigenvalue weighted by Gasteiger charge is -2.09. The van der Waals surface area contributed by atoms with Crippen molar-refractivity contribution in [1.29, 1.82) is 0 Å². The standard InChI is InChI=1S/C15H20N4O3S3/c1-4-9-16-14-17-18-15(24-14)23-10(2)13(20)11-5-7-12(8-6-11)19-25(3,21)22/h5-8,10,19H,4,9H2,1-3H3,(H,16,17). The smallest absolute Gasteiger partial charge is 0.229 e. The predicted molar refractivity (Wildman–Crippen MR) is 103 cm³/mol. The lowest BCUT2D eigenvalue weighted by molar-refractivity contribution is 0.0994. The van der Waals surface area contributed by atoms with Gasteiger partial charge in [-0.05, 0) is 37.6 Å². The number of nitrogens with one attached hydrogen (secondary N) is 2. The Balaban J connectivity index is 1.98. The first-order chi connectivity index (χ1) is 11.8. The zero-order valence-corrected chi connectivity index (χ0v) is 16.6. The minimum atomic E-state index is -3.33. The molecule has 2 aromatic rings. The summed E-state index contributed by atoms with van der Waals surface area (Å²) in [7, 11) is -3.33. The van der Waals surface area contributed by atoms with Gasteiger partial charge in [-0.15, -0.1) is 10.2 Å². The number of rotatable bonds is 9. The fourth-order valence-electron chi connectivity index (χ4n) is 1.92. The molecular weight excluding hydrogens is 380 g/mol. The van der Waals surface area contributed by atoms with Crippen LogP contribution in [0, 0.1) is 0 Å². The molecule has 1 aromatic heterocycles. The molecule has 1 heterocycles. The molecule has 7 nitrogen and oxygen atoms in total. The first kappa shape index (κ1) is 19.7. The molecule has 1 atom stereocenters. The molecule has 0 saturated carbocycles. The Morgan fingerprint density at radius 1 is 1.28 bits per heavy atom. The van der Waals surface area contributed by atoms with Crippen LogP contribution in [0.1, 0.15) is 30.6 Å². The number of thioether (sulfide) groups is 1. The van der Waals surface area contributed by atoms with Crippen molar-refractivity contribution in [1.82, 2.24) is 10.2 Å². The molecule has 136 valence electrons. The van der Waals surface area contributed by atoms with Crippen LogP contribution in [-0.2, 0) is 10.0 Å². The quantitative estimate of drug-likeness (QED) is 0.493. The second kappa shape index (κ2) is 8.63. The lowest BCUT2D eigenvalue weighted by Crippen LogP contribution is -2.14. The first-order valence-electron chi connectivity index (χ1n) is 7.64. The summed E-state index contributed by atoms with van der Waals surface area (Å²) in [4.78, 5) is 12.5. The van der Waals surface area contributed by atoms with Crippen LogP contribution in [0.25, 0.3) is 0 Å². The Morgan fingerprint density at radius 3 is 2.56 bits per heavy atom. The number of sulfonamides is 1. The van der Waals surface area contributed by atoms with Gasteiger partial charge in [-0.2, -0.15) is 0 Å². The van der Waals surface area contributed by atoms with E-state index in [9.17, 15) is 13.2 Å². The van der Waals surface area contributed by atoms with Gasteiger partial charge in [0.2, 0.25) is 15.2 Å². The van der Waals surface area contributed by atoms with Gasteiger partial charge in [-0.3, -0.25) is 9.52 Å². The molecule has 0 radical (unpaired) electrons. The number of hydrogen-bond acceptors (Lipinski definition) is 8. The van der Waals surface area contributed by atoms with E-state index < -0.39 is 10.0 Å². The Bertz CT molecular complexity index is 819. The molecular formula is C15H20N4O3S3. The molecule has 0 saturated heterocycles. The molecule has 0 aliphatic heterocycles. The highest BCUT2D eigenvalue weighted by molar-refractivity contribution is 8.02. The SMILES string of the molecule is CCCNc1nnc(SC(C)C(=O)c2ccc(NS(C)(=O)=O)cc2)s1. The summed E-state index contributed by atoms with van der Waals surface area (Å²) in [5.41, 5.74) is 0.947. The third-order valence-electron chi connectivity index (χ3n) is 3.05. The minimum absolute atomic E-state index is 0.0471. The van der Waals surface area contributed by atoms with Crippen molar-refractivity contribution >= 4 is 49.7 Å². The average molecular weight is 401 g/mol. The van der Waals surface area contributed by atoms with Gasteiger partial charge >= 0.3 is 0 Å². The summed E-state index contributed by atoms with van der Waals surface area (Å²) >= 11 is 2.78. The summed E-state index contributed by atoms with van der Waals surface area (Å²) < 4.78 is 25.5. The maximum absolute atomic E-state index is 12.5. The van der Waals surface area contributed by atoms with Crippen LogP contribution in [0.5, 0.6) is 0 Å². The van der Waals surface area contributed by atoms with E-state index in [1.807, 2.05) is 6.92 Å². The molecule has 0 amide bonds. The van der Waals surface area contributed by atoms with Crippen molar-refractivity contribution < 1.29 is 13.2 Å². The van der Waals surface area contributed by atoms with Crippen molar-refractivity contribution in [2.45, 2.75) is 29.9 Å². The summed E-state index contributed by atoms with van der Waals surface area (Å²) in [5, 5.41) is 11.7. The number of ketones is 1. The van der Waals surface area contributed by atoms with Gasteiger partial charge in [0, 0.05) is 17.8 Å². The highest BCUT2D eigenvalue weighted by Crippen LogP contribution is 2.30. The van der Waals surface area contributed by atoms with E-state index in [1.165, 1.54) is 23.1 Å². The average Bonchev–Trinajstić information content (AvgIpc) is 2.98. The number of anilines is 2. The molecule has 0 spiro atoms. The van der Waals surface area contributed by atoms with Crippen molar-refractivity contribution in [3.05, 3.63) is 29.8 Å². The zero-order chi connectivity index (χ0) is 18.4. The van der Waals surface area contributed by atoms with E-state index in [4.69, 9.17) is 0 Å². The van der Waals surface area contributed by atoms with Gasteiger partial charge in [0.1, 0.15) is 0 Å². The monoisotopic (exact) mass is 400 g/mol. The number of hydrogen-bond donors (Lipinski definition) is 2. The number of carbonyl (C=O) groups is 1. The van der Waals surface area contributed by atoms with E-state index in [0.717, 1.165) is 28.7 Å². The van der Waals surface area contributed by atoms with Gasteiger partial charge in [-0.1, -0.05) is 30.0 Å². The van der Waals surface area contributed by atoms with Crippen molar-refractivity contribution in [2.24, 2.45) is 0 Å². The molecule has 25 heavy (non-hydrogen) atoms. The van der Waals surface area contributed by atoms with Crippen LogP contribution in [0.4, 0.5) is 10.8 Å². The van der Waals surface area contributed by atoms with Gasteiger partial charge in [0.05, 0.1) is 11.5 Å². The van der Waals surface area contributed by atoms with Crippen molar-refractivity contribution in [2.75, 3.05) is 22.8 Å². The third kappa shape index (κ3) is 6.29. The van der Waals surface area contributed by atoms with Gasteiger partial charge < -0.3 is 5.32 Å². The molecule has 0 aliphatic carbocycles. The largest absolute Gasteiger partial charge is 0.360 e. The van der Waals surface area contributed by atoms with E-state index in [2.05, 4.69) is 27.2 Å². The zero-order valence-electron chi connectivity index (χ0n) is 14.1. The molecule has 0 fully saturated rings. The Labute approximate surface area is 155 Å². The van der Waals surface area contributed by atoms with Crippen LogP contribution in [0.2, 0.25) is 0 Å². The topological polar surface area (TPSA) is 101 Å². The number of benzene rings is 1. The van der Waals surface area contributed by atoms with Crippen LogP contribution >= 0.6 is 23.1 Å². The maximum Gasteiger partial charge on any atom is 0.229 e. The molecule has 2 N–H and O–H groups in total. The molecule has 1 unspecified atom stereocenters. The Kier molecular flexibility index (Phi) is 6.79. The van der Waals surface area contributed by atoms with E-state index in [1.54, 1.807) is 24.3 Å². The normalized spacial score (nSPS) is 12.6. The lowest BCUT2D eigenvalue weighted by atomic mass is 10.1. The second-order valence-electron chi connectivity index (χ2n) is 5.38. The Hall–Kier alpha value is -1.65. The second-order valence-corrected chi connectivity index (χ2v) is 9.69. The van der Waals surface area contributed by atoms with Crippen LogP contribution in [0.15, 0.2) is 28.6 Å². The van der Waals surface area contributed by atoms with Crippen LogP contribution in [0.3, 0.4) is 0 Å². The molecule has 0 aliphatic rings. The highest BCUT2D eigenvalue weighted by atomic mass is 32.2. The minimum Gasteiger partial charge on any atom is -0.360 e. The fourth-order valence-corrected chi connectivity index (χ4v) is 4.48. The van der Waals surface area contributed by atoms with Gasteiger partial charge in [0.25, 0.3) is 0 Å². The van der Waals surface area contributed by atoms with Crippen molar-refractivity contribution in [3.8, 4) is 0 Å². The summed E-state index contributed by atoms with van der Waals surface area (Å²) in [6.07, 6.45) is 2.08. The van der Waals surface area contributed by atoms with Gasteiger partial charge in [0.15, 0.2) is 10.1 Å². The Morgan fingerprint density at radius 2 is 1.96 bits per heavy atom. The summed E-state index contributed by atoms with van der Waals surface area (Å²) in [6.45, 7) is 4.72. The van der Waals surface area contributed by atoms with Crippen LogP contribution in [-0.4, -0.2) is 42.4 Å². The highest BCUT2D eigenvalue weighted by Gasteiger charge is 2.19. The van der Waals surface area contributed by atoms with Gasteiger partial charge in [-0.25, -0.2) is 8.42 Å². The van der Waals surface area contributed by atoms with Crippen LogP contribution < -0.4 is 10.0 Å². The third-order valence-corrected chi connectivity index (χ3v) is 5.72. The van der Waals surface area contributed by atoms with E-state index in [-0.39, 0.29) is 11.0 Å². The maximum atomic E-state index is 12.5. The first-order valence-corrected chi connectivity index (χ1v) is 11.2. The molecule has 0 bridgehead atoms. The number of Topliss-reactive ketones (excluding diaryl/α,β-unsaturated/α-hetero) is 1. The van der Waals surface area contributed by atoms with E-state index in [0.29, 0.717) is 11.3 Å². The summed E-state index contributed by atoms with van der Waals surface area (Å²) in [6, 6.07) is 6.37. The van der Waals surface area contributed by atoms with Crippen molar-refractivity contribution in [3.63, 3.8) is 0 Å². The number of carbonyl (C=O) groups excluding carboxylic acids is 1. The molecule has 10 heteroatoms. The molecule has 2 rings (SSSR count). The fraction of sp³-hybridized carbons (Fsp3) is 0.400. The summed E-state index contributed by atoms with van der Waals surface area (Å²) in [5.74, 6) is -0.0471. The van der Waals surface area contributed by atoms with E-state index >= 15 is 0 Å². The predicted octanol–water partition coefficient (Wildman–Crippen LogP) is 3.10.